The Morgan fingerprint density at radius 2 is 2.04 bits per heavy atom. The maximum Gasteiger partial charge on any atom is 0.411 e. The highest BCUT2D eigenvalue weighted by molar-refractivity contribution is 5.87. The lowest BCUT2D eigenvalue weighted by Gasteiger charge is -2.40. The highest BCUT2D eigenvalue weighted by Gasteiger charge is 2.72. The maximum atomic E-state index is 12.4. The second-order valence-corrected chi connectivity index (χ2v) is 7.24. The van der Waals surface area contributed by atoms with Gasteiger partial charge in [0.15, 0.2) is 5.78 Å². The molecule has 8 heteroatoms. The predicted molar refractivity (Wildman–Crippen MR) is 76.5 cm³/mol. The van der Waals surface area contributed by atoms with Crippen molar-refractivity contribution in [2.75, 3.05) is 26.9 Å². The van der Waals surface area contributed by atoms with Gasteiger partial charge >= 0.3 is 6.18 Å². The van der Waals surface area contributed by atoms with Crippen molar-refractivity contribution in [3.63, 3.8) is 0 Å². The highest BCUT2D eigenvalue weighted by Crippen LogP contribution is 2.59. The maximum absolute atomic E-state index is 12.4. The average Bonchev–Trinajstić information content (AvgIpc) is 3.37. The van der Waals surface area contributed by atoms with E-state index in [-0.39, 0.29) is 30.3 Å². The number of ether oxygens (including phenoxy) is 4. The Balaban J connectivity index is 1.62. The molecule has 2 saturated heterocycles. The zero-order valence-electron chi connectivity index (χ0n) is 14.0. The van der Waals surface area contributed by atoms with Gasteiger partial charge in [-0.15, -0.1) is 0 Å². The van der Waals surface area contributed by atoms with Crippen LogP contribution in [0.5, 0.6) is 0 Å². The van der Waals surface area contributed by atoms with Crippen molar-refractivity contribution in [1.82, 2.24) is 0 Å². The predicted octanol–water partition coefficient (Wildman–Crippen LogP) is 2.12. The van der Waals surface area contributed by atoms with Gasteiger partial charge in [0.2, 0.25) is 0 Å². The van der Waals surface area contributed by atoms with Gasteiger partial charge in [-0.05, 0) is 19.8 Å². The zero-order valence-corrected chi connectivity index (χ0v) is 14.0. The number of hydrogen-bond acceptors (Lipinski definition) is 5. The summed E-state index contributed by atoms with van der Waals surface area (Å²) in [6.45, 7) is 3.01. The monoisotopic (exact) mass is 352 g/mol. The zero-order chi connectivity index (χ0) is 17.8. The van der Waals surface area contributed by atoms with E-state index in [4.69, 9.17) is 14.2 Å². The van der Waals surface area contributed by atoms with Crippen molar-refractivity contribution < 1.29 is 36.9 Å². The molecule has 3 rings (SSSR count). The van der Waals surface area contributed by atoms with E-state index in [0.717, 1.165) is 0 Å². The van der Waals surface area contributed by atoms with Crippen molar-refractivity contribution in [2.45, 2.75) is 56.3 Å². The van der Waals surface area contributed by atoms with Crippen molar-refractivity contribution in [3.05, 3.63) is 0 Å². The van der Waals surface area contributed by atoms with E-state index in [0.29, 0.717) is 19.4 Å². The van der Waals surface area contributed by atoms with Gasteiger partial charge in [-0.25, -0.2) is 0 Å². The number of alkyl halides is 3. The van der Waals surface area contributed by atoms with Crippen LogP contribution in [0.25, 0.3) is 0 Å². The molecule has 0 bridgehead atoms. The number of carbonyl (C=O) groups excluding carboxylic acids is 1. The number of epoxide rings is 2. The topological polar surface area (TPSA) is 60.6 Å². The Morgan fingerprint density at radius 3 is 2.58 bits per heavy atom. The molecular weight excluding hydrogens is 329 g/mol. The van der Waals surface area contributed by atoms with Crippen LogP contribution in [0.1, 0.15) is 26.7 Å². The summed E-state index contributed by atoms with van der Waals surface area (Å²) in [7, 11) is 1.50. The average molecular weight is 352 g/mol. The minimum absolute atomic E-state index is 0.0346. The smallest absolute Gasteiger partial charge is 0.373 e. The van der Waals surface area contributed by atoms with Gasteiger partial charge in [-0.3, -0.25) is 4.79 Å². The summed E-state index contributed by atoms with van der Waals surface area (Å²) < 4.78 is 57.9. The Hall–Kier alpha value is -0.700. The van der Waals surface area contributed by atoms with E-state index in [1.165, 1.54) is 7.11 Å². The quantitative estimate of drug-likeness (QED) is 0.541. The summed E-state index contributed by atoms with van der Waals surface area (Å²) in [5.41, 5.74) is -1.04. The molecule has 138 valence electrons. The van der Waals surface area contributed by atoms with Crippen LogP contribution >= 0.6 is 0 Å². The molecule has 3 aliphatic rings. The molecule has 1 unspecified atom stereocenters. The summed E-state index contributed by atoms with van der Waals surface area (Å²) in [5, 5.41) is 0. The van der Waals surface area contributed by atoms with Crippen molar-refractivity contribution in [1.29, 1.82) is 0 Å². The summed E-state index contributed by atoms with van der Waals surface area (Å²) >= 11 is 0. The molecule has 2 aliphatic heterocycles. The molecule has 6 atom stereocenters. The first kappa shape index (κ1) is 18.1. The Kier molecular flexibility index (Phi) is 4.47. The Morgan fingerprint density at radius 1 is 1.38 bits per heavy atom. The first-order valence-electron chi connectivity index (χ1n) is 8.16. The third-order valence-electron chi connectivity index (χ3n) is 5.44. The van der Waals surface area contributed by atoms with E-state index in [1.54, 1.807) is 0 Å². The summed E-state index contributed by atoms with van der Waals surface area (Å²) in [4.78, 5) is 12.4. The molecule has 1 saturated carbocycles. The van der Waals surface area contributed by atoms with Crippen LogP contribution in [-0.2, 0) is 23.7 Å². The summed E-state index contributed by atoms with van der Waals surface area (Å²) in [6.07, 6.45) is -4.21. The van der Waals surface area contributed by atoms with Crippen LogP contribution in [0.15, 0.2) is 0 Å². The third-order valence-corrected chi connectivity index (χ3v) is 5.44. The molecule has 5 nitrogen and oxygen atoms in total. The van der Waals surface area contributed by atoms with Gasteiger partial charge in [0, 0.05) is 19.6 Å². The minimum atomic E-state index is -4.33. The molecule has 3 fully saturated rings. The summed E-state index contributed by atoms with van der Waals surface area (Å²) in [5.74, 6) is -0.344. The molecule has 1 spiro atoms. The number of carbonyl (C=O) groups is 1. The number of hydrogen-bond donors (Lipinski definition) is 0. The largest absolute Gasteiger partial charge is 0.411 e. The second kappa shape index (κ2) is 5.93. The lowest BCUT2D eigenvalue weighted by Crippen LogP contribution is -2.55. The molecule has 2 heterocycles. The van der Waals surface area contributed by atoms with Gasteiger partial charge in [0.1, 0.15) is 23.9 Å². The number of methoxy groups -OCH3 is 1. The Bertz CT molecular complexity index is 504. The SMILES string of the molecule is CO[C@@H]1C(=O)[C@H](C)C[C@]2(CO2)[C@H]1C1(C)O[C@@H]1CCOCC(F)(F)F. The van der Waals surface area contributed by atoms with E-state index in [1.807, 2.05) is 13.8 Å². The van der Waals surface area contributed by atoms with E-state index >= 15 is 0 Å². The number of ketones is 1. The molecule has 1 aliphatic carbocycles. The van der Waals surface area contributed by atoms with Crippen molar-refractivity contribution in [2.24, 2.45) is 11.8 Å². The van der Waals surface area contributed by atoms with Crippen molar-refractivity contribution >= 4 is 5.78 Å². The fraction of sp³-hybridized carbons (Fsp3) is 0.938. The van der Waals surface area contributed by atoms with E-state index in [9.17, 15) is 18.0 Å². The van der Waals surface area contributed by atoms with Crippen LogP contribution < -0.4 is 0 Å². The number of rotatable bonds is 6. The lowest BCUT2D eigenvalue weighted by molar-refractivity contribution is -0.174. The van der Waals surface area contributed by atoms with Crippen LogP contribution in [0.2, 0.25) is 0 Å². The molecule has 24 heavy (non-hydrogen) atoms. The normalized spacial score (nSPS) is 44.8. The van der Waals surface area contributed by atoms with Crippen LogP contribution in [0, 0.1) is 11.8 Å². The Labute approximate surface area is 138 Å². The standard InChI is InChI=1S/C16H23F3O5/c1-9-6-15(7-23-15)13(12(21-3)11(9)20)14(2)10(24-14)4-5-22-8-16(17,18)19/h9-10,12-13H,4-8H2,1-3H3/t9-,10-,12-,13-,14?,15+/m1/s1. The van der Waals surface area contributed by atoms with Crippen molar-refractivity contribution in [3.8, 4) is 0 Å². The molecular formula is C16H23F3O5. The second-order valence-electron chi connectivity index (χ2n) is 7.24. The first-order chi connectivity index (χ1) is 11.1. The van der Waals surface area contributed by atoms with Crippen LogP contribution in [0.4, 0.5) is 13.2 Å². The fourth-order valence-electron chi connectivity index (χ4n) is 4.20. The number of halogens is 3. The van der Waals surface area contributed by atoms with Gasteiger partial charge in [-0.2, -0.15) is 13.2 Å². The molecule has 0 aromatic rings. The van der Waals surface area contributed by atoms with Gasteiger partial charge in [0.25, 0.3) is 0 Å². The van der Waals surface area contributed by atoms with Gasteiger partial charge < -0.3 is 18.9 Å². The highest BCUT2D eigenvalue weighted by atomic mass is 19.4. The van der Waals surface area contributed by atoms with Gasteiger partial charge in [0.05, 0.1) is 18.6 Å². The third kappa shape index (κ3) is 3.21. The molecule has 0 aromatic carbocycles. The first-order valence-corrected chi connectivity index (χ1v) is 8.16. The fourth-order valence-corrected chi connectivity index (χ4v) is 4.20. The minimum Gasteiger partial charge on any atom is -0.373 e. The van der Waals surface area contributed by atoms with Crippen LogP contribution in [0.3, 0.4) is 0 Å². The number of Topliss-reactive ketones (excluding diaryl/α,β-unsaturated/α-hetero) is 1. The molecule has 0 aromatic heterocycles. The summed E-state index contributed by atoms with van der Waals surface area (Å²) in [6, 6.07) is 0. The molecule has 0 N–H and O–H groups in total. The van der Waals surface area contributed by atoms with Crippen LogP contribution in [-0.4, -0.2) is 62.3 Å². The van der Waals surface area contributed by atoms with E-state index < -0.39 is 30.1 Å². The lowest BCUT2D eigenvalue weighted by atomic mass is 9.66. The van der Waals surface area contributed by atoms with Gasteiger partial charge in [-0.1, -0.05) is 6.92 Å². The molecule has 0 radical (unpaired) electrons. The molecule has 0 amide bonds. The van der Waals surface area contributed by atoms with E-state index in [2.05, 4.69) is 4.74 Å².